The van der Waals surface area contributed by atoms with Crippen molar-refractivity contribution in [2.45, 2.75) is 25.7 Å². The van der Waals surface area contributed by atoms with Crippen molar-refractivity contribution in [2.24, 2.45) is 0 Å². The summed E-state index contributed by atoms with van der Waals surface area (Å²) in [7, 11) is 0. The van der Waals surface area contributed by atoms with Gasteiger partial charge in [-0.05, 0) is 48.9 Å². The van der Waals surface area contributed by atoms with Crippen molar-refractivity contribution >= 4 is 5.91 Å². The van der Waals surface area contributed by atoms with Gasteiger partial charge in [0.25, 0.3) is 5.91 Å². The zero-order valence-electron chi connectivity index (χ0n) is 13.8. The van der Waals surface area contributed by atoms with Crippen LogP contribution in [0.25, 0.3) is 0 Å². The number of ether oxygens (including phenoxy) is 2. The van der Waals surface area contributed by atoms with Crippen LogP contribution in [-0.2, 0) is 11.3 Å². The summed E-state index contributed by atoms with van der Waals surface area (Å²) in [6, 6.07) is 11.2. The highest BCUT2D eigenvalue weighted by molar-refractivity contribution is 5.80. The molecule has 2 aromatic carbocycles. The largest absolute Gasteiger partial charge is 0.484 e. The average Bonchev–Trinajstić information content (AvgIpc) is 2.60. The predicted molar refractivity (Wildman–Crippen MR) is 86.3 cm³/mol. The van der Waals surface area contributed by atoms with Crippen molar-refractivity contribution in [2.75, 3.05) is 6.61 Å². The first-order valence-electron chi connectivity index (χ1n) is 7.71. The Hall–Kier alpha value is -2.77. The molecule has 0 aromatic heterocycles. The van der Waals surface area contributed by atoms with Crippen LogP contribution in [0.5, 0.6) is 11.5 Å². The number of nitrogens with one attached hydrogen (secondary N) is 1. The van der Waals surface area contributed by atoms with Gasteiger partial charge in [0, 0.05) is 6.54 Å². The van der Waals surface area contributed by atoms with E-state index in [1.165, 1.54) is 36.4 Å². The van der Waals surface area contributed by atoms with Crippen LogP contribution in [0.2, 0.25) is 0 Å². The zero-order valence-corrected chi connectivity index (χ0v) is 13.8. The summed E-state index contributed by atoms with van der Waals surface area (Å²) in [5, 5.41) is 2.65. The summed E-state index contributed by atoms with van der Waals surface area (Å²) < 4.78 is 59.1. The first-order chi connectivity index (χ1) is 12.2. The Morgan fingerprint density at radius 1 is 1.04 bits per heavy atom. The Labute approximate surface area is 147 Å². The van der Waals surface area contributed by atoms with Gasteiger partial charge < -0.3 is 14.8 Å². The molecule has 0 fully saturated rings. The second kappa shape index (κ2) is 8.55. The maximum absolute atomic E-state index is 12.8. The molecule has 0 saturated carbocycles. The molecule has 0 radical (unpaired) electrons. The van der Waals surface area contributed by atoms with E-state index in [0.29, 0.717) is 11.3 Å². The normalized spacial score (nSPS) is 12.3. The molecule has 2 rings (SSSR count). The third-order valence-electron chi connectivity index (χ3n) is 3.29. The van der Waals surface area contributed by atoms with Crippen molar-refractivity contribution in [1.29, 1.82) is 0 Å². The fourth-order valence-electron chi connectivity index (χ4n) is 1.97. The summed E-state index contributed by atoms with van der Waals surface area (Å²) in [6.07, 6.45) is -5.19. The second-order valence-electron chi connectivity index (χ2n) is 5.48. The summed E-state index contributed by atoms with van der Waals surface area (Å²) in [5.41, 5.74) is 0.687. The first kappa shape index (κ1) is 19.6. The first-order valence-corrected chi connectivity index (χ1v) is 7.71. The molecule has 140 valence electrons. The minimum absolute atomic E-state index is 0.0883. The number of benzene rings is 2. The van der Waals surface area contributed by atoms with E-state index in [4.69, 9.17) is 4.74 Å². The fraction of sp³-hybridized carbons (Fsp3) is 0.278. The van der Waals surface area contributed by atoms with E-state index in [-0.39, 0.29) is 18.2 Å². The molecule has 8 heteroatoms. The van der Waals surface area contributed by atoms with Crippen LogP contribution in [0.1, 0.15) is 12.5 Å². The Bertz CT molecular complexity index is 715. The Morgan fingerprint density at radius 2 is 1.62 bits per heavy atom. The molecule has 1 atom stereocenters. The van der Waals surface area contributed by atoms with Gasteiger partial charge in [0.05, 0.1) is 0 Å². The van der Waals surface area contributed by atoms with E-state index >= 15 is 0 Å². The maximum atomic E-state index is 12.8. The van der Waals surface area contributed by atoms with Crippen LogP contribution in [0.15, 0.2) is 48.5 Å². The number of alkyl halides is 3. The summed E-state index contributed by atoms with van der Waals surface area (Å²) in [4.78, 5) is 12.0. The van der Waals surface area contributed by atoms with Crippen LogP contribution in [0.4, 0.5) is 17.6 Å². The van der Waals surface area contributed by atoms with Gasteiger partial charge in [-0.2, -0.15) is 13.2 Å². The zero-order chi connectivity index (χ0) is 19.2. The number of hydrogen-bond donors (Lipinski definition) is 1. The molecule has 1 amide bonds. The van der Waals surface area contributed by atoms with Gasteiger partial charge in [-0.1, -0.05) is 12.1 Å². The quantitative estimate of drug-likeness (QED) is 0.752. The SMILES string of the molecule is C[C@H](Oc1ccc(F)cc1)C(=O)NCc1ccc(OCC(F)(F)F)cc1. The molecule has 26 heavy (non-hydrogen) atoms. The Balaban J connectivity index is 1.80. The second-order valence-corrected chi connectivity index (χ2v) is 5.48. The van der Waals surface area contributed by atoms with Gasteiger partial charge in [-0.3, -0.25) is 4.79 Å². The number of amides is 1. The van der Waals surface area contributed by atoms with Crippen LogP contribution >= 0.6 is 0 Å². The van der Waals surface area contributed by atoms with Crippen molar-refractivity contribution < 1.29 is 31.8 Å². The lowest BCUT2D eigenvalue weighted by Gasteiger charge is -2.15. The van der Waals surface area contributed by atoms with Gasteiger partial charge in [-0.25, -0.2) is 4.39 Å². The highest BCUT2D eigenvalue weighted by Gasteiger charge is 2.28. The predicted octanol–water partition coefficient (Wildman–Crippen LogP) is 3.85. The monoisotopic (exact) mass is 371 g/mol. The van der Waals surface area contributed by atoms with E-state index < -0.39 is 24.7 Å². The lowest BCUT2D eigenvalue weighted by molar-refractivity contribution is -0.153. The Morgan fingerprint density at radius 3 is 2.19 bits per heavy atom. The van der Waals surface area contributed by atoms with E-state index in [1.807, 2.05) is 0 Å². The van der Waals surface area contributed by atoms with Gasteiger partial charge in [0.1, 0.15) is 17.3 Å². The van der Waals surface area contributed by atoms with Gasteiger partial charge in [0.2, 0.25) is 0 Å². The smallest absolute Gasteiger partial charge is 0.422 e. The minimum Gasteiger partial charge on any atom is -0.484 e. The molecule has 2 aromatic rings. The van der Waals surface area contributed by atoms with Crippen LogP contribution < -0.4 is 14.8 Å². The van der Waals surface area contributed by atoms with Crippen molar-refractivity contribution in [3.63, 3.8) is 0 Å². The molecular formula is C18H17F4NO3. The van der Waals surface area contributed by atoms with Crippen molar-refractivity contribution in [3.8, 4) is 11.5 Å². The Kier molecular flexibility index (Phi) is 6.43. The van der Waals surface area contributed by atoms with E-state index in [1.54, 1.807) is 19.1 Å². The third-order valence-corrected chi connectivity index (χ3v) is 3.29. The van der Waals surface area contributed by atoms with Crippen LogP contribution in [-0.4, -0.2) is 24.8 Å². The van der Waals surface area contributed by atoms with Crippen molar-refractivity contribution in [3.05, 3.63) is 59.9 Å². The number of carbonyl (C=O) groups excluding carboxylic acids is 1. The number of rotatable bonds is 7. The lowest BCUT2D eigenvalue weighted by Crippen LogP contribution is -2.35. The number of hydrogen-bond acceptors (Lipinski definition) is 3. The summed E-state index contributed by atoms with van der Waals surface area (Å²) in [5.74, 6) is -0.338. The molecule has 0 saturated heterocycles. The molecule has 0 heterocycles. The molecular weight excluding hydrogens is 354 g/mol. The third kappa shape index (κ3) is 6.62. The van der Waals surface area contributed by atoms with E-state index in [0.717, 1.165) is 0 Å². The molecule has 1 N–H and O–H groups in total. The molecule has 0 unspecified atom stereocenters. The molecule has 0 aliphatic rings. The molecule has 0 spiro atoms. The fourth-order valence-corrected chi connectivity index (χ4v) is 1.97. The number of carbonyl (C=O) groups is 1. The standard InChI is InChI=1S/C18H17F4NO3/c1-12(26-16-8-4-14(19)5-9-16)17(24)23-10-13-2-6-15(7-3-13)25-11-18(20,21)22/h2-9,12H,10-11H2,1H3,(H,23,24)/t12-/m0/s1. The average molecular weight is 371 g/mol. The summed E-state index contributed by atoms with van der Waals surface area (Å²) in [6.45, 7) is 0.365. The van der Waals surface area contributed by atoms with E-state index in [2.05, 4.69) is 10.1 Å². The van der Waals surface area contributed by atoms with Gasteiger partial charge in [0.15, 0.2) is 12.7 Å². The van der Waals surface area contributed by atoms with Crippen molar-refractivity contribution in [1.82, 2.24) is 5.32 Å². The van der Waals surface area contributed by atoms with Gasteiger partial charge >= 0.3 is 6.18 Å². The highest BCUT2D eigenvalue weighted by atomic mass is 19.4. The molecule has 4 nitrogen and oxygen atoms in total. The van der Waals surface area contributed by atoms with Crippen LogP contribution in [0, 0.1) is 5.82 Å². The molecule has 0 aliphatic carbocycles. The minimum atomic E-state index is -4.40. The summed E-state index contributed by atoms with van der Waals surface area (Å²) >= 11 is 0. The lowest BCUT2D eigenvalue weighted by atomic mass is 10.2. The van der Waals surface area contributed by atoms with Crippen LogP contribution in [0.3, 0.4) is 0 Å². The molecule has 0 aliphatic heterocycles. The number of halogens is 4. The topological polar surface area (TPSA) is 47.6 Å². The van der Waals surface area contributed by atoms with E-state index in [9.17, 15) is 22.4 Å². The maximum Gasteiger partial charge on any atom is 0.422 e. The molecule has 0 bridgehead atoms. The van der Waals surface area contributed by atoms with Gasteiger partial charge in [-0.15, -0.1) is 0 Å². The highest BCUT2D eigenvalue weighted by Crippen LogP contribution is 2.19.